The van der Waals surface area contributed by atoms with E-state index in [-0.39, 0.29) is 23.3 Å². The molecule has 5 rings (SSSR count). The van der Waals surface area contributed by atoms with Crippen molar-refractivity contribution in [2.75, 3.05) is 33.0 Å². The first-order valence-electron chi connectivity index (χ1n) is 11.3. The predicted octanol–water partition coefficient (Wildman–Crippen LogP) is 4.11. The Hall–Kier alpha value is -2.94. The molecule has 1 aromatic heterocycles. The molecule has 2 aliphatic rings. The highest BCUT2D eigenvalue weighted by atomic mass is 35.5. The number of nitrogens with zero attached hydrogens (tertiary/aromatic N) is 4. The van der Waals surface area contributed by atoms with Gasteiger partial charge in [-0.25, -0.2) is 0 Å². The first-order chi connectivity index (χ1) is 16.4. The van der Waals surface area contributed by atoms with Gasteiger partial charge in [-0.3, -0.25) is 9.69 Å². The number of carbonyl (C=O) groups is 1. The highest BCUT2D eigenvalue weighted by molar-refractivity contribution is 6.32. The average Bonchev–Trinajstić information content (AvgIpc) is 3.27. The number of benzene rings is 2. The summed E-state index contributed by atoms with van der Waals surface area (Å²) < 4.78 is 17.3. The van der Waals surface area contributed by atoms with Gasteiger partial charge >= 0.3 is 11.8 Å². The average molecular weight is 483 g/mol. The molecule has 2 saturated heterocycles. The molecule has 0 unspecified atom stereocenters. The van der Waals surface area contributed by atoms with E-state index in [1.807, 2.05) is 48.5 Å². The van der Waals surface area contributed by atoms with Gasteiger partial charge < -0.3 is 18.8 Å². The fraction of sp³-hybridized carbons (Fsp3) is 0.400. The first-order valence-corrected chi connectivity index (χ1v) is 11.7. The van der Waals surface area contributed by atoms with Gasteiger partial charge in [0.05, 0.1) is 31.4 Å². The number of carbonyl (C=O) groups excluding carboxylic acids is 1. The van der Waals surface area contributed by atoms with Gasteiger partial charge in [0, 0.05) is 24.1 Å². The molecule has 0 bridgehead atoms. The van der Waals surface area contributed by atoms with Crippen molar-refractivity contribution in [3.8, 4) is 17.2 Å². The lowest BCUT2D eigenvalue weighted by molar-refractivity contribution is -0.0814. The summed E-state index contributed by atoms with van der Waals surface area (Å²) in [6.45, 7) is 8.41. The molecule has 178 valence electrons. The van der Waals surface area contributed by atoms with Crippen LogP contribution in [0, 0.1) is 5.41 Å². The smallest absolute Gasteiger partial charge is 0.311 e. The molecule has 0 radical (unpaired) electrons. The SMILES string of the molecule is CC1(C)COCN(Cc2ccc(OC3CN(C(=O)c4nnc(-c5ccccc5)o4)C3)c(Cl)c2)C1. The first kappa shape index (κ1) is 22.8. The number of hydrogen-bond acceptors (Lipinski definition) is 7. The van der Waals surface area contributed by atoms with Gasteiger partial charge in [-0.05, 0) is 29.8 Å². The highest BCUT2D eigenvalue weighted by Crippen LogP contribution is 2.30. The largest absolute Gasteiger partial charge is 0.485 e. The zero-order chi connectivity index (χ0) is 23.7. The monoisotopic (exact) mass is 482 g/mol. The van der Waals surface area contributed by atoms with Crippen molar-refractivity contribution in [1.82, 2.24) is 20.0 Å². The summed E-state index contributed by atoms with van der Waals surface area (Å²) in [5.74, 6) is 0.609. The summed E-state index contributed by atoms with van der Waals surface area (Å²) >= 11 is 6.50. The van der Waals surface area contributed by atoms with Crippen LogP contribution in [0.15, 0.2) is 52.9 Å². The molecular weight excluding hydrogens is 456 g/mol. The minimum atomic E-state index is -0.303. The third kappa shape index (κ3) is 5.09. The van der Waals surface area contributed by atoms with Crippen molar-refractivity contribution in [2.24, 2.45) is 5.41 Å². The fourth-order valence-electron chi connectivity index (χ4n) is 4.25. The standard InChI is InChI=1S/C25H27ClN4O4/c1-25(2)14-29(16-32-15-25)11-17-8-9-21(20(26)10-17)33-19-12-30(13-19)24(31)23-28-27-22(34-23)18-6-4-3-5-7-18/h3-10,19H,11-16H2,1-2H3. The van der Waals surface area contributed by atoms with Crippen molar-refractivity contribution in [2.45, 2.75) is 26.5 Å². The summed E-state index contributed by atoms with van der Waals surface area (Å²) in [5, 5.41) is 8.44. The van der Waals surface area contributed by atoms with Crippen LogP contribution in [0.3, 0.4) is 0 Å². The summed E-state index contributed by atoms with van der Waals surface area (Å²) in [5.41, 5.74) is 2.02. The molecule has 0 N–H and O–H groups in total. The van der Waals surface area contributed by atoms with E-state index in [0.29, 0.717) is 36.5 Å². The van der Waals surface area contributed by atoms with Gasteiger partial charge in [0.15, 0.2) is 0 Å². The van der Waals surface area contributed by atoms with E-state index in [2.05, 4.69) is 28.9 Å². The molecule has 1 amide bonds. The Labute approximate surface area is 203 Å². The zero-order valence-electron chi connectivity index (χ0n) is 19.2. The van der Waals surface area contributed by atoms with Gasteiger partial charge in [0.2, 0.25) is 5.89 Å². The van der Waals surface area contributed by atoms with Crippen LogP contribution >= 0.6 is 11.6 Å². The summed E-state index contributed by atoms with van der Waals surface area (Å²) in [6.07, 6.45) is -0.139. The van der Waals surface area contributed by atoms with Crippen LogP contribution in [0.4, 0.5) is 0 Å². The predicted molar refractivity (Wildman–Crippen MR) is 127 cm³/mol. The van der Waals surface area contributed by atoms with Crippen LogP contribution in [0.2, 0.25) is 5.02 Å². The molecular formula is C25H27ClN4O4. The van der Waals surface area contributed by atoms with Crippen molar-refractivity contribution >= 4 is 17.5 Å². The van der Waals surface area contributed by atoms with Gasteiger partial charge in [0.25, 0.3) is 0 Å². The van der Waals surface area contributed by atoms with Crippen LogP contribution in [0.1, 0.15) is 30.1 Å². The second kappa shape index (κ2) is 9.37. The maximum Gasteiger partial charge on any atom is 0.311 e. The second-order valence-corrected chi connectivity index (χ2v) is 10.0. The van der Waals surface area contributed by atoms with Crippen LogP contribution in [0.25, 0.3) is 11.5 Å². The maximum absolute atomic E-state index is 12.6. The lowest BCUT2D eigenvalue weighted by Crippen LogP contribution is -2.56. The van der Waals surface area contributed by atoms with E-state index in [9.17, 15) is 4.79 Å². The van der Waals surface area contributed by atoms with Crippen molar-refractivity contribution in [1.29, 1.82) is 0 Å². The van der Waals surface area contributed by atoms with Gasteiger partial charge in [0.1, 0.15) is 11.9 Å². The Kier molecular flexibility index (Phi) is 6.29. The van der Waals surface area contributed by atoms with Gasteiger partial charge in [-0.15, -0.1) is 10.2 Å². The molecule has 0 aliphatic carbocycles. The molecule has 34 heavy (non-hydrogen) atoms. The normalized spacial score (nSPS) is 18.5. The number of likely N-dealkylation sites (tertiary alicyclic amines) is 1. The molecule has 9 heteroatoms. The number of hydrogen-bond donors (Lipinski definition) is 0. The third-order valence-corrected chi connectivity index (χ3v) is 6.17. The summed E-state index contributed by atoms with van der Waals surface area (Å²) in [7, 11) is 0. The number of aromatic nitrogens is 2. The van der Waals surface area contributed by atoms with Gasteiger partial charge in [-0.1, -0.05) is 49.7 Å². The summed E-state index contributed by atoms with van der Waals surface area (Å²) in [6, 6.07) is 15.2. The van der Waals surface area contributed by atoms with Crippen LogP contribution in [-0.4, -0.2) is 65.0 Å². The number of halogens is 1. The Morgan fingerprint density at radius 1 is 1.18 bits per heavy atom. The van der Waals surface area contributed by atoms with Crippen LogP contribution < -0.4 is 4.74 Å². The Morgan fingerprint density at radius 2 is 1.97 bits per heavy atom. The molecule has 0 atom stereocenters. The number of rotatable bonds is 6. The van der Waals surface area contributed by atoms with Crippen molar-refractivity contribution < 1.29 is 18.7 Å². The zero-order valence-corrected chi connectivity index (χ0v) is 20.0. The van der Waals surface area contributed by atoms with E-state index >= 15 is 0 Å². The van der Waals surface area contributed by atoms with E-state index < -0.39 is 0 Å². The molecule has 0 spiro atoms. The Balaban J connectivity index is 1.14. The van der Waals surface area contributed by atoms with Crippen LogP contribution in [-0.2, 0) is 11.3 Å². The van der Waals surface area contributed by atoms with E-state index in [1.54, 1.807) is 4.90 Å². The molecule has 3 heterocycles. The summed E-state index contributed by atoms with van der Waals surface area (Å²) in [4.78, 5) is 16.5. The lowest BCUT2D eigenvalue weighted by Gasteiger charge is -2.38. The molecule has 2 aliphatic heterocycles. The quantitative estimate of drug-likeness (QED) is 0.523. The number of ether oxygens (including phenoxy) is 2. The highest BCUT2D eigenvalue weighted by Gasteiger charge is 2.36. The van der Waals surface area contributed by atoms with Crippen LogP contribution in [0.5, 0.6) is 5.75 Å². The van der Waals surface area contributed by atoms with E-state index in [0.717, 1.165) is 30.8 Å². The van der Waals surface area contributed by atoms with Gasteiger partial charge in [-0.2, -0.15) is 0 Å². The second-order valence-electron chi connectivity index (χ2n) is 9.62. The van der Waals surface area contributed by atoms with E-state index in [1.165, 1.54) is 0 Å². The number of amides is 1. The van der Waals surface area contributed by atoms with Crippen molar-refractivity contribution in [3.63, 3.8) is 0 Å². The molecule has 2 fully saturated rings. The minimum absolute atomic E-state index is 0.0236. The maximum atomic E-state index is 12.6. The Morgan fingerprint density at radius 3 is 2.71 bits per heavy atom. The molecule has 0 saturated carbocycles. The van der Waals surface area contributed by atoms with E-state index in [4.69, 9.17) is 25.5 Å². The lowest BCUT2D eigenvalue weighted by atomic mass is 9.93. The minimum Gasteiger partial charge on any atom is -0.485 e. The third-order valence-electron chi connectivity index (χ3n) is 5.88. The fourth-order valence-corrected chi connectivity index (χ4v) is 4.49. The molecule has 8 nitrogen and oxygen atoms in total. The topological polar surface area (TPSA) is 80.9 Å². The molecule has 2 aromatic carbocycles. The Bertz CT molecular complexity index is 1160. The molecule has 3 aromatic rings. The van der Waals surface area contributed by atoms with Crippen molar-refractivity contribution in [3.05, 3.63) is 65.0 Å².